The lowest BCUT2D eigenvalue weighted by Crippen LogP contribution is -2.54. The summed E-state index contributed by atoms with van der Waals surface area (Å²) in [6, 6.07) is 15.4. The fourth-order valence-electron chi connectivity index (χ4n) is 3.33. The van der Waals surface area contributed by atoms with Crippen molar-refractivity contribution in [2.45, 2.75) is 26.3 Å². The zero-order valence-electron chi connectivity index (χ0n) is 16.1. The molecule has 0 aromatic heterocycles. The SMILES string of the molecule is COc1ccc(Nc2ccccc2C(=O)N2CCC(N)C(C)(C)C2)cc1.Cl. The van der Waals surface area contributed by atoms with Crippen molar-refractivity contribution in [2.24, 2.45) is 11.1 Å². The minimum absolute atomic E-state index is 0. The maximum Gasteiger partial charge on any atom is 0.255 e. The molecule has 2 aromatic carbocycles. The summed E-state index contributed by atoms with van der Waals surface area (Å²) < 4.78 is 5.19. The number of anilines is 2. The number of hydrogen-bond acceptors (Lipinski definition) is 4. The number of amides is 1. The number of para-hydroxylation sites is 1. The van der Waals surface area contributed by atoms with Crippen LogP contribution in [0, 0.1) is 5.41 Å². The maximum absolute atomic E-state index is 13.1. The molecule has 1 fully saturated rings. The Morgan fingerprint density at radius 2 is 1.85 bits per heavy atom. The molecule has 5 nitrogen and oxygen atoms in total. The van der Waals surface area contributed by atoms with Crippen molar-refractivity contribution in [1.29, 1.82) is 0 Å². The molecule has 2 aromatic rings. The molecular weight excluding hydrogens is 362 g/mol. The number of piperidine rings is 1. The molecule has 1 amide bonds. The van der Waals surface area contributed by atoms with Crippen LogP contribution in [0.5, 0.6) is 5.75 Å². The number of nitrogens with one attached hydrogen (secondary N) is 1. The van der Waals surface area contributed by atoms with E-state index in [-0.39, 0.29) is 29.8 Å². The number of nitrogens with two attached hydrogens (primary N) is 1. The van der Waals surface area contributed by atoms with Crippen LogP contribution in [-0.4, -0.2) is 37.0 Å². The normalized spacial score (nSPS) is 18.4. The van der Waals surface area contributed by atoms with Gasteiger partial charge in [-0.05, 0) is 48.2 Å². The van der Waals surface area contributed by atoms with E-state index in [1.165, 1.54) is 0 Å². The number of methoxy groups -OCH3 is 1. The van der Waals surface area contributed by atoms with Crippen LogP contribution in [0.1, 0.15) is 30.6 Å². The number of likely N-dealkylation sites (tertiary alicyclic amines) is 1. The van der Waals surface area contributed by atoms with Crippen molar-refractivity contribution in [3.8, 4) is 5.75 Å². The molecule has 0 saturated carbocycles. The van der Waals surface area contributed by atoms with Crippen LogP contribution in [-0.2, 0) is 0 Å². The topological polar surface area (TPSA) is 67.6 Å². The Hall–Kier alpha value is -2.24. The van der Waals surface area contributed by atoms with Gasteiger partial charge in [-0.3, -0.25) is 4.79 Å². The summed E-state index contributed by atoms with van der Waals surface area (Å²) in [5.41, 5.74) is 8.52. The van der Waals surface area contributed by atoms with Crippen LogP contribution in [0.2, 0.25) is 0 Å². The molecule has 0 bridgehead atoms. The smallest absolute Gasteiger partial charge is 0.255 e. The lowest BCUT2D eigenvalue weighted by atomic mass is 9.79. The molecule has 1 heterocycles. The average molecular weight is 390 g/mol. The minimum atomic E-state index is -0.0771. The number of halogens is 1. The zero-order valence-corrected chi connectivity index (χ0v) is 16.9. The zero-order chi connectivity index (χ0) is 18.7. The molecule has 0 spiro atoms. The van der Waals surface area contributed by atoms with Crippen molar-refractivity contribution in [1.82, 2.24) is 4.90 Å². The Kier molecular flexibility index (Phi) is 6.73. The standard InChI is InChI=1S/C21H27N3O2.ClH/c1-21(2)14-24(13-12-19(21)22)20(25)17-6-4-5-7-18(17)23-15-8-10-16(26-3)11-9-15;/h4-11,19,23H,12-14,22H2,1-3H3;1H. The number of nitrogens with zero attached hydrogens (tertiary/aromatic N) is 1. The number of benzene rings is 2. The third kappa shape index (κ3) is 4.73. The lowest BCUT2D eigenvalue weighted by Gasteiger charge is -2.42. The fourth-order valence-corrected chi connectivity index (χ4v) is 3.33. The first-order valence-corrected chi connectivity index (χ1v) is 8.96. The molecule has 1 atom stereocenters. The largest absolute Gasteiger partial charge is 0.497 e. The van der Waals surface area contributed by atoms with E-state index in [0.717, 1.165) is 23.5 Å². The molecule has 0 aliphatic carbocycles. The second-order valence-corrected chi connectivity index (χ2v) is 7.51. The highest BCUT2D eigenvalue weighted by atomic mass is 35.5. The molecular formula is C21H28ClN3O2. The summed E-state index contributed by atoms with van der Waals surface area (Å²) in [5.74, 6) is 0.841. The first kappa shape index (κ1) is 21.1. The number of rotatable bonds is 4. The predicted molar refractivity (Wildman–Crippen MR) is 112 cm³/mol. The van der Waals surface area contributed by atoms with Crippen LogP contribution in [0.15, 0.2) is 48.5 Å². The predicted octanol–water partition coefficient (Wildman–Crippen LogP) is 4.06. The van der Waals surface area contributed by atoms with Gasteiger partial charge in [0.15, 0.2) is 0 Å². The molecule has 1 aliphatic heterocycles. The van der Waals surface area contributed by atoms with Gasteiger partial charge in [0.25, 0.3) is 5.91 Å². The van der Waals surface area contributed by atoms with Gasteiger partial charge in [-0.15, -0.1) is 12.4 Å². The Labute approximate surface area is 167 Å². The molecule has 6 heteroatoms. The van der Waals surface area contributed by atoms with Crippen molar-refractivity contribution >= 4 is 29.7 Å². The van der Waals surface area contributed by atoms with Crippen molar-refractivity contribution < 1.29 is 9.53 Å². The Balaban J connectivity index is 0.00000261. The summed E-state index contributed by atoms with van der Waals surface area (Å²) in [7, 11) is 1.64. The van der Waals surface area contributed by atoms with E-state index in [1.807, 2.05) is 53.4 Å². The highest BCUT2D eigenvalue weighted by Gasteiger charge is 2.36. The average Bonchev–Trinajstić information content (AvgIpc) is 2.64. The van der Waals surface area contributed by atoms with Gasteiger partial charge >= 0.3 is 0 Å². The number of carbonyl (C=O) groups is 1. The highest BCUT2D eigenvalue weighted by molar-refractivity contribution is 6.00. The molecule has 1 aliphatic rings. The molecule has 146 valence electrons. The van der Waals surface area contributed by atoms with Gasteiger partial charge in [-0.25, -0.2) is 0 Å². The Bertz CT molecular complexity index is 777. The van der Waals surface area contributed by atoms with Gasteiger partial charge in [0.05, 0.1) is 18.4 Å². The third-order valence-electron chi connectivity index (χ3n) is 5.13. The maximum atomic E-state index is 13.1. The van der Waals surface area contributed by atoms with Crippen LogP contribution in [0.4, 0.5) is 11.4 Å². The van der Waals surface area contributed by atoms with E-state index in [2.05, 4.69) is 19.2 Å². The van der Waals surface area contributed by atoms with E-state index in [0.29, 0.717) is 18.7 Å². The Morgan fingerprint density at radius 1 is 1.19 bits per heavy atom. The lowest BCUT2D eigenvalue weighted by molar-refractivity contribution is 0.0534. The van der Waals surface area contributed by atoms with Crippen LogP contribution < -0.4 is 15.8 Å². The van der Waals surface area contributed by atoms with Crippen LogP contribution >= 0.6 is 12.4 Å². The molecule has 1 saturated heterocycles. The van der Waals surface area contributed by atoms with Gasteiger partial charge in [0.1, 0.15) is 5.75 Å². The molecule has 3 rings (SSSR count). The second-order valence-electron chi connectivity index (χ2n) is 7.51. The molecule has 1 unspecified atom stereocenters. The summed E-state index contributed by atoms with van der Waals surface area (Å²) in [4.78, 5) is 15.0. The van der Waals surface area contributed by atoms with E-state index in [1.54, 1.807) is 7.11 Å². The van der Waals surface area contributed by atoms with Crippen molar-refractivity contribution in [3.63, 3.8) is 0 Å². The molecule has 0 radical (unpaired) electrons. The fraction of sp³-hybridized carbons (Fsp3) is 0.381. The minimum Gasteiger partial charge on any atom is -0.497 e. The Morgan fingerprint density at radius 3 is 2.48 bits per heavy atom. The van der Waals surface area contributed by atoms with Gasteiger partial charge in [-0.2, -0.15) is 0 Å². The number of ether oxygens (including phenoxy) is 1. The van der Waals surface area contributed by atoms with Crippen molar-refractivity contribution in [3.05, 3.63) is 54.1 Å². The monoisotopic (exact) mass is 389 g/mol. The summed E-state index contributed by atoms with van der Waals surface area (Å²) in [5, 5.41) is 3.35. The highest BCUT2D eigenvalue weighted by Crippen LogP contribution is 2.30. The first-order valence-electron chi connectivity index (χ1n) is 8.96. The molecule has 27 heavy (non-hydrogen) atoms. The summed E-state index contributed by atoms with van der Waals surface area (Å²) in [6.07, 6.45) is 0.826. The van der Waals surface area contributed by atoms with Crippen molar-refractivity contribution in [2.75, 3.05) is 25.5 Å². The van der Waals surface area contributed by atoms with Crippen LogP contribution in [0.25, 0.3) is 0 Å². The molecule has 3 N–H and O–H groups in total. The number of hydrogen-bond donors (Lipinski definition) is 2. The van der Waals surface area contributed by atoms with Gasteiger partial charge < -0.3 is 20.7 Å². The van der Waals surface area contributed by atoms with Gasteiger partial charge in [-0.1, -0.05) is 26.0 Å². The summed E-state index contributed by atoms with van der Waals surface area (Å²) >= 11 is 0. The third-order valence-corrected chi connectivity index (χ3v) is 5.13. The second kappa shape index (κ2) is 8.63. The van der Waals surface area contributed by atoms with E-state index >= 15 is 0 Å². The quantitative estimate of drug-likeness (QED) is 0.827. The van der Waals surface area contributed by atoms with Crippen LogP contribution in [0.3, 0.4) is 0 Å². The first-order chi connectivity index (χ1) is 12.4. The van der Waals surface area contributed by atoms with E-state index in [4.69, 9.17) is 10.5 Å². The van der Waals surface area contributed by atoms with E-state index < -0.39 is 0 Å². The van der Waals surface area contributed by atoms with Gasteiger partial charge in [0.2, 0.25) is 0 Å². The van der Waals surface area contributed by atoms with E-state index in [9.17, 15) is 4.79 Å². The number of carbonyl (C=O) groups excluding carboxylic acids is 1. The van der Waals surface area contributed by atoms with Gasteiger partial charge in [0, 0.05) is 24.8 Å². The summed E-state index contributed by atoms with van der Waals surface area (Å²) in [6.45, 7) is 5.61.